The SMILES string of the molecule is O=C(Cc1ccc(F)cc1)NNC(=O)c1ccc(SCc2cn3ccccc3n2)cc1. The van der Waals surface area contributed by atoms with Crippen LogP contribution in [0.3, 0.4) is 0 Å². The van der Waals surface area contributed by atoms with Gasteiger partial charge in [-0.15, -0.1) is 11.8 Å². The number of hydrogen-bond donors (Lipinski definition) is 2. The molecule has 6 nitrogen and oxygen atoms in total. The van der Waals surface area contributed by atoms with Gasteiger partial charge in [-0.2, -0.15) is 0 Å². The van der Waals surface area contributed by atoms with E-state index in [0.717, 1.165) is 16.2 Å². The highest BCUT2D eigenvalue weighted by Gasteiger charge is 2.09. The third-order valence-corrected chi connectivity index (χ3v) is 5.56. The number of benzene rings is 2. The van der Waals surface area contributed by atoms with Crippen molar-refractivity contribution in [2.24, 2.45) is 0 Å². The molecule has 0 spiro atoms. The monoisotopic (exact) mass is 434 g/mol. The molecular formula is C23H19FN4O2S. The number of thioether (sulfide) groups is 1. The number of halogens is 1. The number of fused-ring (bicyclic) bond motifs is 1. The summed E-state index contributed by atoms with van der Waals surface area (Å²) in [5.74, 6) is -0.450. The van der Waals surface area contributed by atoms with Crippen molar-refractivity contribution in [1.82, 2.24) is 20.2 Å². The molecule has 31 heavy (non-hydrogen) atoms. The molecule has 0 aliphatic rings. The van der Waals surface area contributed by atoms with Gasteiger partial charge in [0.1, 0.15) is 11.5 Å². The van der Waals surface area contributed by atoms with Gasteiger partial charge >= 0.3 is 0 Å². The molecule has 2 aromatic heterocycles. The average molecular weight is 434 g/mol. The van der Waals surface area contributed by atoms with Crippen molar-refractivity contribution in [2.75, 3.05) is 0 Å². The van der Waals surface area contributed by atoms with Crippen LogP contribution in [0.25, 0.3) is 5.65 Å². The lowest BCUT2D eigenvalue weighted by atomic mass is 10.1. The minimum atomic E-state index is -0.413. The van der Waals surface area contributed by atoms with Crippen LogP contribution in [-0.4, -0.2) is 21.2 Å². The minimum Gasteiger partial charge on any atom is -0.307 e. The van der Waals surface area contributed by atoms with E-state index in [9.17, 15) is 14.0 Å². The van der Waals surface area contributed by atoms with E-state index in [2.05, 4.69) is 15.8 Å². The molecule has 2 amide bonds. The zero-order chi connectivity index (χ0) is 21.6. The van der Waals surface area contributed by atoms with Crippen LogP contribution < -0.4 is 10.9 Å². The molecule has 2 aromatic carbocycles. The summed E-state index contributed by atoms with van der Waals surface area (Å²) in [4.78, 5) is 29.8. The zero-order valence-corrected chi connectivity index (χ0v) is 17.2. The lowest BCUT2D eigenvalue weighted by Crippen LogP contribution is -2.42. The summed E-state index contributed by atoms with van der Waals surface area (Å²) < 4.78 is 14.9. The van der Waals surface area contributed by atoms with Crippen LogP contribution in [0, 0.1) is 5.82 Å². The summed E-state index contributed by atoms with van der Waals surface area (Å²) >= 11 is 1.63. The van der Waals surface area contributed by atoms with E-state index in [4.69, 9.17) is 0 Å². The largest absolute Gasteiger partial charge is 0.307 e. The lowest BCUT2D eigenvalue weighted by Gasteiger charge is -2.08. The van der Waals surface area contributed by atoms with E-state index < -0.39 is 5.91 Å². The number of hydrogen-bond acceptors (Lipinski definition) is 4. The first-order valence-corrected chi connectivity index (χ1v) is 10.5. The number of amides is 2. The van der Waals surface area contributed by atoms with Crippen LogP contribution >= 0.6 is 11.8 Å². The third kappa shape index (κ3) is 5.49. The van der Waals surface area contributed by atoms with Gasteiger partial charge in [0, 0.05) is 28.6 Å². The maximum Gasteiger partial charge on any atom is 0.269 e. The molecule has 0 aliphatic heterocycles. The van der Waals surface area contributed by atoms with Crippen LogP contribution in [0.4, 0.5) is 4.39 Å². The van der Waals surface area contributed by atoms with Crippen molar-refractivity contribution >= 4 is 29.2 Å². The fraction of sp³-hybridized carbons (Fsp3) is 0.0870. The fourth-order valence-corrected chi connectivity index (χ4v) is 3.73. The minimum absolute atomic E-state index is 0.0409. The molecule has 2 N–H and O–H groups in total. The molecule has 0 saturated heterocycles. The first kappa shape index (κ1) is 20.6. The average Bonchev–Trinajstić information content (AvgIpc) is 3.21. The Kier molecular flexibility index (Phi) is 6.28. The molecule has 0 aliphatic carbocycles. The van der Waals surface area contributed by atoms with Gasteiger partial charge in [-0.05, 0) is 54.1 Å². The molecule has 0 unspecified atom stereocenters. The topological polar surface area (TPSA) is 75.5 Å². The van der Waals surface area contributed by atoms with Gasteiger partial charge in [-0.3, -0.25) is 20.4 Å². The van der Waals surface area contributed by atoms with Crippen molar-refractivity contribution in [2.45, 2.75) is 17.1 Å². The first-order valence-electron chi connectivity index (χ1n) is 9.56. The highest BCUT2D eigenvalue weighted by molar-refractivity contribution is 7.98. The van der Waals surface area contributed by atoms with Crippen LogP contribution in [0.5, 0.6) is 0 Å². The molecule has 0 atom stereocenters. The summed E-state index contributed by atoms with van der Waals surface area (Å²) in [5.41, 5.74) is 7.73. The molecule has 8 heteroatoms. The second-order valence-corrected chi connectivity index (χ2v) is 7.87. The van der Waals surface area contributed by atoms with Crippen LogP contribution in [0.2, 0.25) is 0 Å². The summed E-state index contributed by atoms with van der Waals surface area (Å²) in [6, 6.07) is 18.6. The Hall–Kier alpha value is -3.65. The molecule has 0 saturated carbocycles. The number of nitrogens with zero attached hydrogens (tertiary/aromatic N) is 2. The quantitative estimate of drug-likeness (QED) is 0.358. The Morgan fingerprint density at radius 1 is 0.968 bits per heavy atom. The van der Waals surface area contributed by atoms with E-state index in [1.165, 1.54) is 24.3 Å². The Balaban J connectivity index is 1.26. The molecule has 0 bridgehead atoms. The molecule has 4 rings (SSSR count). The van der Waals surface area contributed by atoms with E-state index in [1.54, 1.807) is 23.9 Å². The van der Waals surface area contributed by atoms with E-state index in [-0.39, 0.29) is 18.1 Å². The zero-order valence-electron chi connectivity index (χ0n) is 16.4. The second kappa shape index (κ2) is 9.44. The maximum atomic E-state index is 12.9. The van der Waals surface area contributed by atoms with E-state index >= 15 is 0 Å². The van der Waals surface area contributed by atoms with Gasteiger partial charge in [0.05, 0.1) is 12.1 Å². The summed E-state index contributed by atoms with van der Waals surface area (Å²) in [6.07, 6.45) is 4.00. The Morgan fingerprint density at radius 3 is 2.48 bits per heavy atom. The maximum absolute atomic E-state index is 12.9. The van der Waals surface area contributed by atoms with Gasteiger partial charge < -0.3 is 4.40 Å². The molecule has 0 fully saturated rings. The number of carbonyl (C=O) groups excluding carboxylic acids is 2. The molecular weight excluding hydrogens is 415 g/mol. The number of hydrazine groups is 1. The Labute approximate surface area is 182 Å². The highest BCUT2D eigenvalue weighted by Crippen LogP contribution is 2.23. The number of imidazole rings is 1. The predicted octanol–water partition coefficient (Wildman–Crippen LogP) is 3.77. The van der Waals surface area contributed by atoms with Gasteiger partial charge in [-0.25, -0.2) is 9.37 Å². The summed E-state index contributed by atoms with van der Waals surface area (Å²) in [6.45, 7) is 0. The smallest absolute Gasteiger partial charge is 0.269 e. The number of carbonyl (C=O) groups is 2. The van der Waals surface area contributed by atoms with Crippen LogP contribution in [0.1, 0.15) is 21.6 Å². The lowest BCUT2D eigenvalue weighted by molar-refractivity contribution is -0.121. The molecule has 0 radical (unpaired) electrons. The summed E-state index contributed by atoms with van der Waals surface area (Å²) in [5, 5.41) is 0. The highest BCUT2D eigenvalue weighted by atomic mass is 32.2. The van der Waals surface area contributed by atoms with E-state index in [0.29, 0.717) is 16.9 Å². The first-order chi connectivity index (χ1) is 15.1. The van der Waals surface area contributed by atoms with Crippen molar-refractivity contribution in [1.29, 1.82) is 0 Å². The Bertz CT molecular complexity index is 1170. The Morgan fingerprint density at radius 2 is 1.74 bits per heavy atom. The standard InChI is InChI=1S/C23H19FN4O2S/c24-18-8-4-16(5-9-18)13-22(29)26-27-23(30)17-6-10-20(11-7-17)31-15-19-14-28-12-2-1-3-21(28)25-19/h1-12,14H,13,15H2,(H,26,29)(H,27,30). The second-order valence-electron chi connectivity index (χ2n) is 6.82. The molecule has 2 heterocycles. The van der Waals surface area contributed by atoms with Gasteiger partial charge in [0.25, 0.3) is 5.91 Å². The fourth-order valence-electron chi connectivity index (χ4n) is 2.95. The normalized spacial score (nSPS) is 10.7. The number of aromatic nitrogens is 2. The molecule has 156 valence electrons. The number of nitrogens with one attached hydrogen (secondary N) is 2. The van der Waals surface area contributed by atoms with Crippen molar-refractivity contribution in [3.63, 3.8) is 0 Å². The van der Waals surface area contributed by atoms with Crippen molar-refractivity contribution < 1.29 is 14.0 Å². The van der Waals surface area contributed by atoms with Crippen LogP contribution in [0.15, 0.2) is 84.0 Å². The van der Waals surface area contributed by atoms with Gasteiger partial charge in [0.15, 0.2) is 0 Å². The number of rotatable bonds is 6. The summed E-state index contributed by atoms with van der Waals surface area (Å²) in [7, 11) is 0. The van der Waals surface area contributed by atoms with Crippen LogP contribution in [-0.2, 0) is 17.0 Å². The third-order valence-electron chi connectivity index (χ3n) is 4.51. The number of pyridine rings is 1. The van der Waals surface area contributed by atoms with Crippen molar-refractivity contribution in [3.05, 3.63) is 102 Å². The van der Waals surface area contributed by atoms with Crippen molar-refractivity contribution in [3.8, 4) is 0 Å². The molecule has 4 aromatic rings. The predicted molar refractivity (Wildman–Crippen MR) is 117 cm³/mol. The van der Waals surface area contributed by atoms with Gasteiger partial charge in [-0.1, -0.05) is 18.2 Å². The van der Waals surface area contributed by atoms with E-state index in [1.807, 2.05) is 47.1 Å². The van der Waals surface area contributed by atoms with Gasteiger partial charge in [0.2, 0.25) is 5.91 Å².